The molecule has 2 atom stereocenters. The summed E-state index contributed by atoms with van der Waals surface area (Å²) in [5.41, 5.74) is 0.632. The summed E-state index contributed by atoms with van der Waals surface area (Å²) < 4.78 is 13.4. The molecule has 0 radical (unpaired) electrons. The molecule has 17 heavy (non-hydrogen) atoms. The van der Waals surface area contributed by atoms with Crippen LogP contribution in [0.3, 0.4) is 0 Å². The highest BCUT2D eigenvalue weighted by atomic mass is 35.5. The van der Waals surface area contributed by atoms with Gasteiger partial charge in [0.2, 0.25) is 0 Å². The fraction of sp³-hybridized carbons (Fsp3) is 0.538. The maximum Gasteiger partial charge on any atom is 0.129 e. The molecule has 2 rings (SSSR count). The minimum absolute atomic E-state index is 0.144. The predicted octanol–water partition coefficient (Wildman–Crippen LogP) is 2.73. The summed E-state index contributed by atoms with van der Waals surface area (Å²) in [4.78, 5) is 0. The van der Waals surface area contributed by atoms with Crippen LogP contribution in [0.15, 0.2) is 18.2 Å². The molecule has 0 bridgehead atoms. The van der Waals surface area contributed by atoms with Crippen LogP contribution in [0, 0.1) is 11.7 Å². The van der Waals surface area contributed by atoms with E-state index in [2.05, 4.69) is 5.32 Å². The Morgan fingerprint density at radius 1 is 1.41 bits per heavy atom. The maximum absolute atomic E-state index is 13.4. The molecule has 1 aliphatic rings. The number of hydrogen-bond donors (Lipinski definition) is 2. The average Bonchev–Trinajstić information content (AvgIpc) is 2.68. The summed E-state index contributed by atoms with van der Waals surface area (Å²) in [7, 11) is 0. The van der Waals surface area contributed by atoms with Crippen LogP contribution in [-0.2, 0) is 6.54 Å². The molecule has 0 spiro atoms. The van der Waals surface area contributed by atoms with E-state index >= 15 is 0 Å². The molecule has 1 saturated carbocycles. The van der Waals surface area contributed by atoms with Crippen LogP contribution in [0.1, 0.15) is 24.8 Å². The molecule has 1 aromatic rings. The summed E-state index contributed by atoms with van der Waals surface area (Å²) in [5, 5.41) is 13.0. The van der Waals surface area contributed by atoms with Gasteiger partial charge in [-0.1, -0.05) is 17.7 Å². The van der Waals surface area contributed by atoms with E-state index in [9.17, 15) is 9.50 Å². The molecular formula is C13H17ClFNO. The molecule has 4 heteroatoms. The van der Waals surface area contributed by atoms with E-state index in [1.807, 2.05) is 0 Å². The van der Waals surface area contributed by atoms with E-state index in [-0.39, 0.29) is 11.9 Å². The zero-order chi connectivity index (χ0) is 12.3. The molecule has 0 amide bonds. The lowest BCUT2D eigenvalue weighted by atomic mass is 10.1. The second-order valence-electron chi connectivity index (χ2n) is 4.70. The Kier molecular flexibility index (Phi) is 4.37. The van der Waals surface area contributed by atoms with Crippen molar-refractivity contribution in [1.29, 1.82) is 0 Å². The molecule has 1 aromatic carbocycles. The van der Waals surface area contributed by atoms with E-state index in [4.69, 9.17) is 11.6 Å². The zero-order valence-electron chi connectivity index (χ0n) is 9.63. The Hall–Kier alpha value is -0.640. The van der Waals surface area contributed by atoms with Gasteiger partial charge in [0, 0.05) is 17.1 Å². The first-order valence-corrected chi connectivity index (χ1v) is 6.35. The van der Waals surface area contributed by atoms with Crippen molar-refractivity contribution in [3.63, 3.8) is 0 Å². The van der Waals surface area contributed by atoms with E-state index in [1.54, 1.807) is 12.1 Å². The van der Waals surface area contributed by atoms with E-state index in [0.29, 0.717) is 23.0 Å². The van der Waals surface area contributed by atoms with Gasteiger partial charge in [-0.05, 0) is 43.9 Å². The Morgan fingerprint density at radius 2 is 2.24 bits per heavy atom. The molecule has 0 aliphatic heterocycles. The summed E-state index contributed by atoms with van der Waals surface area (Å²) >= 11 is 5.68. The quantitative estimate of drug-likeness (QED) is 0.869. The van der Waals surface area contributed by atoms with Gasteiger partial charge in [0.15, 0.2) is 0 Å². The zero-order valence-corrected chi connectivity index (χ0v) is 10.4. The third-order valence-electron chi connectivity index (χ3n) is 3.28. The highest BCUT2D eigenvalue weighted by Gasteiger charge is 2.22. The largest absolute Gasteiger partial charge is 0.393 e. The highest BCUT2D eigenvalue weighted by Crippen LogP contribution is 2.24. The van der Waals surface area contributed by atoms with Gasteiger partial charge in [-0.25, -0.2) is 4.39 Å². The molecule has 2 unspecified atom stereocenters. The molecule has 2 nitrogen and oxygen atoms in total. The lowest BCUT2D eigenvalue weighted by Crippen LogP contribution is -2.21. The Balaban J connectivity index is 1.78. The second-order valence-corrected chi connectivity index (χ2v) is 5.14. The van der Waals surface area contributed by atoms with Crippen molar-refractivity contribution in [1.82, 2.24) is 5.32 Å². The number of nitrogens with one attached hydrogen (secondary N) is 1. The lowest BCUT2D eigenvalue weighted by Gasteiger charge is -2.11. The number of halogens is 2. The summed E-state index contributed by atoms with van der Waals surface area (Å²) in [6.45, 7) is 1.34. The van der Waals surface area contributed by atoms with Crippen LogP contribution in [-0.4, -0.2) is 17.8 Å². The van der Waals surface area contributed by atoms with Gasteiger partial charge >= 0.3 is 0 Å². The van der Waals surface area contributed by atoms with Crippen LogP contribution in [0.2, 0.25) is 5.02 Å². The standard InChI is InChI=1S/C13H17ClFNO/c14-11-3-2-10(13(15)6-11)8-16-7-9-1-4-12(17)5-9/h2-3,6,9,12,16-17H,1,4-5,7-8H2. The summed E-state index contributed by atoms with van der Waals surface area (Å²) in [6, 6.07) is 4.73. The van der Waals surface area contributed by atoms with Gasteiger partial charge in [0.1, 0.15) is 5.82 Å². The fourth-order valence-electron chi connectivity index (χ4n) is 2.31. The topological polar surface area (TPSA) is 32.3 Å². The minimum atomic E-state index is -0.267. The highest BCUT2D eigenvalue weighted by molar-refractivity contribution is 6.30. The van der Waals surface area contributed by atoms with Crippen LogP contribution in [0.25, 0.3) is 0 Å². The first-order chi connectivity index (χ1) is 8.15. The third kappa shape index (κ3) is 3.66. The normalized spacial score (nSPS) is 24.2. The maximum atomic E-state index is 13.4. The smallest absolute Gasteiger partial charge is 0.129 e. The van der Waals surface area contributed by atoms with Crippen molar-refractivity contribution in [2.45, 2.75) is 31.9 Å². The molecular weight excluding hydrogens is 241 g/mol. The van der Waals surface area contributed by atoms with Crippen LogP contribution in [0.5, 0.6) is 0 Å². The summed E-state index contributed by atoms with van der Waals surface area (Å²) in [6.07, 6.45) is 2.66. The van der Waals surface area contributed by atoms with E-state index < -0.39 is 0 Å². The molecule has 2 N–H and O–H groups in total. The number of aliphatic hydroxyl groups is 1. The number of benzene rings is 1. The molecule has 94 valence electrons. The van der Waals surface area contributed by atoms with Gasteiger partial charge in [-0.3, -0.25) is 0 Å². The molecule has 1 aliphatic carbocycles. The molecule has 0 heterocycles. The fourth-order valence-corrected chi connectivity index (χ4v) is 2.47. The van der Waals surface area contributed by atoms with E-state index in [1.165, 1.54) is 6.07 Å². The molecule has 0 aromatic heterocycles. The van der Waals surface area contributed by atoms with Crippen molar-refractivity contribution in [3.05, 3.63) is 34.6 Å². The van der Waals surface area contributed by atoms with Crippen LogP contribution in [0.4, 0.5) is 4.39 Å². The monoisotopic (exact) mass is 257 g/mol. The van der Waals surface area contributed by atoms with Crippen LogP contribution >= 0.6 is 11.6 Å². The first kappa shape index (κ1) is 12.8. The number of rotatable bonds is 4. The van der Waals surface area contributed by atoms with Gasteiger partial charge in [-0.15, -0.1) is 0 Å². The first-order valence-electron chi connectivity index (χ1n) is 5.98. The van der Waals surface area contributed by atoms with Crippen molar-refractivity contribution in [2.75, 3.05) is 6.54 Å². The number of hydrogen-bond acceptors (Lipinski definition) is 2. The van der Waals surface area contributed by atoms with Gasteiger partial charge in [0.05, 0.1) is 6.10 Å². The third-order valence-corrected chi connectivity index (χ3v) is 3.51. The van der Waals surface area contributed by atoms with Crippen molar-refractivity contribution in [2.24, 2.45) is 5.92 Å². The average molecular weight is 258 g/mol. The predicted molar refractivity (Wildman–Crippen MR) is 66.5 cm³/mol. The van der Waals surface area contributed by atoms with Crippen molar-refractivity contribution in [3.8, 4) is 0 Å². The van der Waals surface area contributed by atoms with Gasteiger partial charge in [-0.2, -0.15) is 0 Å². The van der Waals surface area contributed by atoms with Crippen molar-refractivity contribution >= 4 is 11.6 Å². The van der Waals surface area contributed by atoms with Crippen molar-refractivity contribution < 1.29 is 9.50 Å². The number of aliphatic hydroxyl groups excluding tert-OH is 1. The molecule has 1 fully saturated rings. The lowest BCUT2D eigenvalue weighted by molar-refractivity contribution is 0.177. The second kappa shape index (κ2) is 5.80. The SMILES string of the molecule is OC1CCC(CNCc2ccc(Cl)cc2F)C1. The minimum Gasteiger partial charge on any atom is -0.393 e. The molecule has 0 saturated heterocycles. The Morgan fingerprint density at radius 3 is 2.88 bits per heavy atom. The Bertz CT molecular complexity index is 386. The summed E-state index contributed by atoms with van der Waals surface area (Å²) in [5.74, 6) is 0.247. The van der Waals surface area contributed by atoms with Crippen LogP contribution < -0.4 is 5.32 Å². The van der Waals surface area contributed by atoms with E-state index in [0.717, 1.165) is 25.8 Å². The Labute approximate surface area is 106 Å². The van der Waals surface area contributed by atoms with Gasteiger partial charge < -0.3 is 10.4 Å². The van der Waals surface area contributed by atoms with Gasteiger partial charge in [0.25, 0.3) is 0 Å².